The summed E-state index contributed by atoms with van der Waals surface area (Å²) in [5, 5.41) is 0. The quantitative estimate of drug-likeness (QED) is 0.496. The third kappa shape index (κ3) is 10.0. The molecule has 2 nitrogen and oxygen atoms in total. The van der Waals surface area contributed by atoms with Gasteiger partial charge < -0.3 is 0 Å². The molecule has 0 aromatic rings. The molecule has 0 unspecified atom stereocenters. The van der Waals surface area contributed by atoms with E-state index in [1.54, 1.807) is 0 Å². The maximum atomic E-state index is 4.35. The Kier molecular flexibility index (Phi) is 3.63. The van der Waals surface area contributed by atoms with Crippen molar-refractivity contribution in [3.8, 4) is 0 Å². The Bertz CT molecular complexity index is 159. The van der Waals surface area contributed by atoms with E-state index in [-0.39, 0.29) is 11.1 Å². The summed E-state index contributed by atoms with van der Waals surface area (Å²) in [6, 6.07) is 0. The summed E-state index contributed by atoms with van der Waals surface area (Å²) < 4.78 is 8.69. The molecule has 0 bridgehead atoms. The second-order valence-electron chi connectivity index (χ2n) is 4.63. The minimum absolute atomic E-state index is 0.0380. The molecule has 0 spiro atoms. The standard InChI is InChI=1S/C8H18N2P/c1-7(2,3)9-11-10-8(4,5)6/h1-6H3. The molecule has 11 heavy (non-hydrogen) atoms. The van der Waals surface area contributed by atoms with Crippen LogP contribution in [-0.4, -0.2) is 11.1 Å². The number of hydrogen-bond donors (Lipinski definition) is 0. The molecule has 3 heteroatoms. The Morgan fingerprint density at radius 1 is 0.727 bits per heavy atom. The summed E-state index contributed by atoms with van der Waals surface area (Å²) >= 11 is 0. The van der Waals surface area contributed by atoms with Gasteiger partial charge in [-0.1, -0.05) is 0 Å². The van der Waals surface area contributed by atoms with E-state index in [1.165, 1.54) is 0 Å². The molecule has 0 rings (SSSR count). The summed E-state index contributed by atoms with van der Waals surface area (Å²) in [6.07, 6.45) is 0. The topological polar surface area (TPSA) is 24.7 Å². The van der Waals surface area contributed by atoms with Crippen LogP contribution in [0.25, 0.3) is 0 Å². The molecule has 0 aliphatic rings. The van der Waals surface area contributed by atoms with Gasteiger partial charge in [0.05, 0.1) is 0 Å². The summed E-state index contributed by atoms with van der Waals surface area (Å²) in [6.45, 7) is 12.5. The maximum absolute atomic E-state index is 4.35. The van der Waals surface area contributed by atoms with Crippen LogP contribution >= 0.6 is 8.16 Å². The van der Waals surface area contributed by atoms with Gasteiger partial charge >= 0.3 is 70.3 Å². The van der Waals surface area contributed by atoms with E-state index in [0.29, 0.717) is 0 Å². The van der Waals surface area contributed by atoms with Crippen molar-refractivity contribution in [1.29, 1.82) is 0 Å². The van der Waals surface area contributed by atoms with Crippen molar-refractivity contribution in [3.05, 3.63) is 0 Å². The van der Waals surface area contributed by atoms with E-state index < -0.39 is 0 Å². The van der Waals surface area contributed by atoms with Gasteiger partial charge in [0.2, 0.25) is 0 Å². The van der Waals surface area contributed by atoms with Crippen LogP contribution < -0.4 is 0 Å². The SMILES string of the molecule is CC(C)(C)N=[P]=NC(C)(C)C. The molecule has 0 aromatic carbocycles. The predicted octanol–water partition coefficient (Wildman–Crippen LogP) is 3.90. The molecule has 0 atom stereocenters. The predicted molar refractivity (Wildman–Crippen MR) is 51.3 cm³/mol. The van der Waals surface area contributed by atoms with Crippen LogP contribution in [0.3, 0.4) is 0 Å². The first-order valence-electron chi connectivity index (χ1n) is 3.85. The molecule has 0 N–H and O–H groups in total. The molecule has 0 aliphatic heterocycles. The van der Waals surface area contributed by atoms with Crippen LogP contribution in [-0.2, 0) is 0 Å². The van der Waals surface area contributed by atoms with Gasteiger partial charge in [0, 0.05) is 0 Å². The fourth-order valence-electron chi connectivity index (χ4n) is 0.291. The summed E-state index contributed by atoms with van der Waals surface area (Å²) in [7, 11) is 0.851. The Hall–Kier alpha value is 0.0300. The fraction of sp³-hybridized carbons (Fsp3) is 1.00. The van der Waals surface area contributed by atoms with E-state index in [2.05, 4.69) is 51.0 Å². The number of nitrogens with zero attached hydrogens (tertiary/aromatic N) is 2. The van der Waals surface area contributed by atoms with Gasteiger partial charge in [0.1, 0.15) is 0 Å². The molecular formula is C8H18N2P. The van der Waals surface area contributed by atoms with Crippen LogP contribution in [0.4, 0.5) is 0 Å². The average Bonchev–Trinajstić information content (AvgIpc) is 1.55. The van der Waals surface area contributed by atoms with Gasteiger partial charge in [-0.05, 0) is 0 Å². The molecule has 0 heterocycles. The van der Waals surface area contributed by atoms with Crippen molar-refractivity contribution in [1.82, 2.24) is 0 Å². The van der Waals surface area contributed by atoms with Gasteiger partial charge in [0.25, 0.3) is 0 Å². The van der Waals surface area contributed by atoms with Gasteiger partial charge in [-0.25, -0.2) is 0 Å². The van der Waals surface area contributed by atoms with Crippen LogP contribution in [0.5, 0.6) is 0 Å². The summed E-state index contributed by atoms with van der Waals surface area (Å²) in [5.41, 5.74) is 0.0760. The average molecular weight is 173 g/mol. The van der Waals surface area contributed by atoms with E-state index in [1.807, 2.05) is 0 Å². The van der Waals surface area contributed by atoms with Crippen LogP contribution in [0.15, 0.2) is 9.49 Å². The number of hydrogen-bond acceptors (Lipinski definition) is 2. The second-order valence-corrected chi connectivity index (χ2v) is 5.21. The van der Waals surface area contributed by atoms with Crippen LogP contribution in [0.1, 0.15) is 41.5 Å². The minimum atomic E-state index is 0.0380. The van der Waals surface area contributed by atoms with Gasteiger partial charge in [-0.2, -0.15) is 0 Å². The Labute approximate surface area is 71.0 Å². The molecule has 1 radical (unpaired) electrons. The summed E-state index contributed by atoms with van der Waals surface area (Å²) in [5.74, 6) is 0. The third-order valence-electron chi connectivity index (χ3n) is 0.689. The Morgan fingerprint density at radius 3 is 1.18 bits per heavy atom. The van der Waals surface area contributed by atoms with Crippen molar-refractivity contribution >= 4 is 8.16 Å². The van der Waals surface area contributed by atoms with Gasteiger partial charge in [-0.3, -0.25) is 0 Å². The molecule has 65 valence electrons. The molecule has 0 aliphatic carbocycles. The monoisotopic (exact) mass is 173 g/mol. The third-order valence-corrected chi connectivity index (χ3v) is 2.07. The number of rotatable bonds is 0. The van der Waals surface area contributed by atoms with Crippen molar-refractivity contribution in [2.24, 2.45) is 9.49 Å². The molecular weight excluding hydrogens is 155 g/mol. The van der Waals surface area contributed by atoms with Crippen molar-refractivity contribution in [2.45, 2.75) is 52.6 Å². The molecule has 0 fully saturated rings. The molecule has 0 saturated carbocycles. The second kappa shape index (κ2) is 3.62. The van der Waals surface area contributed by atoms with Crippen LogP contribution in [0.2, 0.25) is 0 Å². The zero-order chi connectivity index (χ0) is 9.12. The molecule has 0 saturated heterocycles. The molecule has 0 aromatic heterocycles. The fourth-order valence-corrected chi connectivity index (χ4v) is 0.872. The normalized spacial score (nSPS) is 12.5. The first kappa shape index (κ1) is 11.0. The van der Waals surface area contributed by atoms with E-state index in [9.17, 15) is 0 Å². The van der Waals surface area contributed by atoms with E-state index >= 15 is 0 Å². The Morgan fingerprint density at radius 2 is 1.00 bits per heavy atom. The van der Waals surface area contributed by atoms with Crippen molar-refractivity contribution < 1.29 is 0 Å². The van der Waals surface area contributed by atoms with Crippen molar-refractivity contribution in [3.63, 3.8) is 0 Å². The zero-order valence-corrected chi connectivity index (χ0v) is 9.24. The summed E-state index contributed by atoms with van der Waals surface area (Å²) in [4.78, 5) is 0. The Balaban J connectivity index is 4.25. The molecule has 0 amide bonds. The first-order valence-corrected chi connectivity index (χ1v) is 4.65. The van der Waals surface area contributed by atoms with E-state index in [4.69, 9.17) is 0 Å². The van der Waals surface area contributed by atoms with E-state index in [0.717, 1.165) is 8.16 Å². The van der Waals surface area contributed by atoms with Crippen LogP contribution in [0, 0.1) is 0 Å². The van der Waals surface area contributed by atoms with Crippen molar-refractivity contribution in [2.75, 3.05) is 0 Å². The zero-order valence-electron chi connectivity index (χ0n) is 8.34. The first-order chi connectivity index (χ1) is 4.71. The van der Waals surface area contributed by atoms with Gasteiger partial charge in [-0.15, -0.1) is 0 Å². The van der Waals surface area contributed by atoms with Gasteiger partial charge in [0.15, 0.2) is 0 Å².